The predicted octanol–water partition coefficient (Wildman–Crippen LogP) is 6.30. The van der Waals surface area contributed by atoms with Crippen molar-refractivity contribution in [3.8, 4) is 0 Å². The molecule has 5 heteroatoms. The number of rotatable bonds is 9. The molecule has 3 atom stereocenters. The molecule has 3 nitrogen and oxygen atoms in total. The normalized spacial score (nSPS) is 15.3. The summed E-state index contributed by atoms with van der Waals surface area (Å²) in [5.74, 6) is 0.0970. The number of nitrogens with one attached hydrogen (secondary N) is 1. The van der Waals surface area contributed by atoms with Gasteiger partial charge in [-0.3, -0.25) is 0 Å². The summed E-state index contributed by atoms with van der Waals surface area (Å²) in [5.41, 5.74) is 2.34. The van der Waals surface area contributed by atoms with Crippen LogP contribution in [0.2, 0.25) is 5.04 Å². The minimum absolute atomic E-state index is 0.0874. The molecule has 0 heterocycles. The Morgan fingerprint density at radius 3 is 1.81 bits per heavy atom. The summed E-state index contributed by atoms with van der Waals surface area (Å²) in [7, 11) is -3.85. The lowest BCUT2D eigenvalue weighted by molar-refractivity contribution is 0.220. The van der Waals surface area contributed by atoms with E-state index in [-0.39, 0.29) is 21.7 Å². The van der Waals surface area contributed by atoms with Crippen LogP contribution in [0.3, 0.4) is 0 Å². The average molecular weight is 522 g/mol. The zero-order chi connectivity index (χ0) is 26.6. The van der Waals surface area contributed by atoms with Crippen LogP contribution in [0.4, 0.5) is 0 Å². The second-order valence-electron chi connectivity index (χ2n) is 11.8. The fourth-order valence-electron chi connectivity index (χ4n) is 4.78. The van der Waals surface area contributed by atoms with Crippen molar-refractivity contribution in [2.75, 3.05) is 6.61 Å². The number of hydrogen-bond acceptors (Lipinski definition) is 2. The summed E-state index contributed by atoms with van der Waals surface area (Å²) < 4.78 is 23.5. The molecule has 0 saturated heterocycles. The third-order valence-corrected chi connectivity index (χ3v) is 13.3. The second-order valence-corrected chi connectivity index (χ2v) is 18.1. The van der Waals surface area contributed by atoms with Gasteiger partial charge in [-0.1, -0.05) is 118 Å². The van der Waals surface area contributed by atoms with Gasteiger partial charge >= 0.3 is 0 Å². The van der Waals surface area contributed by atoms with E-state index in [9.17, 15) is 4.21 Å². The van der Waals surface area contributed by atoms with Crippen molar-refractivity contribution in [2.45, 2.75) is 71.2 Å². The maximum Gasteiger partial charge on any atom is 0.261 e. The van der Waals surface area contributed by atoms with E-state index >= 15 is 0 Å². The van der Waals surface area contributed by atoms with E-state index in [0.717, 1.165) is 5.56 Å². The highest BCUT2D eigenvalue weighted by Crippen LogP contribution is 2.38. The molecule has 36 heavy (non-hydrogen) atoms. The standard InChI is InChI=1S/C31H43NO2SSi/c1-24-16-15-17-26(22-24)29(32-35(33)30(3,4)5)25(2)23-34-36(31(6,7)8,27-18-11-9-12-19-27)28-20-13-10-14-21-28/h9-22,25,29,32H,23H2,1-8H3/t25-,29+,35?/m0/s1. The van der Waals surface area contributed by atoms with E-state index in [1.807, 2.05) is 20.8 Å². The van der Waals surface area contributed by atoms with Crippen molar-refractivity contribution >= 4 is 29.7 Å². The van der Waals surface area contributed by atoms with Crippen LogP contribution in [0.5, 0.6) is 0 Å². The Labute approximate surface area is 222 Å². The summed E-state index contributed by atoms with van der Waals surface area (Å²) in [6.45, 7) is 17.8. The molecule has 0 aliphatic rings. The molecule has 1 unspecified atom stereocenters. The highest BCUT2D eigenvalue weighted by atomic mass is 32.2. The van der Waals surface area contributed by atoms with Crippen LogP contribution in [-0.2, 0) is 15.4 Å². The summed E-state index contributed by atoms with van der Waals surface area (Å²) in [6.07, 6.45) is 0. The SMILES string of the molecule is Cc1cccc([C@H](NS(=O)C(C)(C)C)[C@@H](C)CO[Si](c2ccccc2)(c2ccccc2)C(C)(C)C)c1. The summed E-state index contributed by atoms with van der Waals surface area (Å²) >= 11 is 0. The van der Waals surface area contributed by atoms with Crippen molar-refractivity contribution < 1.29 is 8.63 Å². The van der Waals surface area contributed by atoms with Gasteiger partial charge in [0.15, 0.2) is 0 Å². The van der Waals surface area contributed by atoms with Gasteiger partial charge in [-0.05, 0) is 54.6 Å². The van der Waals surface area contributed by atoms with Crippen molar-refractivity contribution in [1.29, 1.82) is 0 Å². The number of benzene rings is 3. The van der Waals surface area contributed by atoms with E-state index in [1.54, 1.807) is 0 Å². The molecule has 0 saturated carbocycles. The average Bonchev–Trinajstić information content (AvgIpc) is 2.82. The third kappa shape index (κ3) is 6.44. The van der Waals surface area contributed by atoms with E-state index in [1.165, 1.54) is 15.9 Å². The third-order valence-electron chi connectivity index (χ3n) is 6.74. The zero-order valence-corrected chi connectivity index (χ0v) is 25.0. The van der Waals surface area contributed by atoms with Crippen LogP contribution in [0, 0.1) is 12.8 Å². The first-order valence-electron chi connectivity index (χ1n) is 12.9. The minimum Gasteiger partial charge on any atom is -0.407 e. The van der Waals surface area contributed by atoms with Crippen molar-refractivity contribution in [3.05, 3.63) is 96.1 Å². The maximum absolute atomic E-state index is 13.2. The maximum atomic E-state index is 13.2. The molecule has 0 spiro atoms. The van der Waals surface area contributed by atoms with Crippen molar-refractivity contribution in [3.63, 3.8) is 0 Å². The molecule has 3 rings (SSSR count). The van der Waals surface area contributed by atoms with Gasteiger partial charge in [0.05, 0.1) is 15.7 Å². The summed E-state index contributed by atoms with van der Waals surface area (Å²) in [5, 5.41) is 2.46. The highest BCUT2D eigenvalue weighted by Gasteiger charge is 2.50. The first-order chi connectivity index (χ1) is 16.9. The lowest BCUT2D eigenvalue weighted by atomic mass is 9.95. The van der Waals surface area contributed by atoms with Gasteiger partial charge in [0.2, 0.25) is 0 Å². The first kappa shape index (κ1) is 28.5. The smallest absolute Gasteiger partial charge is 0.261 e. The van der Waals surface area contributed by atoms with E-state index in [4.69, 9.17) is 4.43 Å². The molecule has 0 aliphatic heterocycles. The van der Waals surface area contributed by atoms with Crippen molar-refractivity contribution in [1.82, 2.24) is 4.72 Å². The quantitative estimate of drug-likeness (QED) is 0.336. The molecule has 3 aromatic rings. The lowest BCUT2D eigenvalue weighted by Crippen LogP contribution is -2.67. The number of aryl methyl sites for hydroxylation is 1. The Balaban J connectivity index is 2.03. The van der Waals surface area contributed by atoms with Gasteiger partial charge in [-0.25, -0.2) is 8.93 Å². The van der Waals surface area contributed by atoms with Crippen molar-refractivity contribution in [2.24, 2.45) is 5.92 Å². The molecular formula is C31H43NO2SSi. The topological polar surface area (TPSA) is 38.3 Å². The van der Waals surface area contributed by atoms with Crippen LogP contribution in [0.1, 0.15) is 65.6 Å². The number of hydrogen-bond donors (Lipinski definition) is 1. The Kier molecular flexibility index (Phi) is 9.15. The van der Waals surface area contributed by atoms with Crippen LogP contribution in [0.25, 0.3) is 0 Å². The molecule has 3 aromatic carbocycles. The molecule has 0 amide bonds. The largest absolute Gasteiger partial charge is 0.407 e. The van der Waals surface area contributed by atoms with Gasteiger partial charge in [0.1, 0.15) is 0 Å². The lowest BCUT2D eigenvalue weighted by Gasteiger charge is -2.44. The van der Waals surface area contributed by atoms with Gasteiger partial charge in [-0.15, -0.1) is 0 Å². The van der Waals surface area contributed by atoms with E-state index < -0.39 is 19.3 Å². The molecule has 1 N–H and O–H groups in total. The van der Waals surface area contributed by atoms with Crippen LogP contribution in [-0.4, -0.2) is 23.9 Å². The summed E-state index contributed by atoms with van der Waals surface area (Å²) in [4.78, 5) is 0. The predicted molar refractivity (Wildman–Crippen MR) is 158 cm³/mol. The molecule has 0 aliphatic carbocycles. The monoisotopic (exact) mass is 521 g/mol. The van der Waals surface area contributed by atoms with E-state index in [2.05, 4.69) is 124 Å². The molecular weight excluding hydrogens is 478 g/mol. The second kappa shape index (κ2) is 11.6. The Bertz CT molecular complexity index is 1100. The van der Waals surface area contributed by atoms with Crippen LogP contribution >= 0.6 is 0 Å². The fraction of sp³-hybridized carbons (Fsp3) is 0.419. The van der Waals surface area contributed by atoms with Crippen LogP contribution < -0.4 is 15.1 Å². The first-order valence-corrected chi connectivity index (χ1v) is 15.9. The van der Waals surface area contributed by atoms with Gasteiger partial charge in [0, 0.05) is 12.6 Å². The van der Waals surface area contributed by atoms with Gasteiger partial charge in [-0.2, -0.15) is 0 Å². The fourth-order valence-corrected chi connectivity index (χ4v) is 10.4. The molecule has 0 aromatic heterocycles. The Morgan fingerprint density at radius 2 is 1.36 bits per heavy atom. The summed E-state index contributed by atoms with van der Waals surface area (Å²) in [6, 6.07) is 29.9. The van der Waals surface area contributed by atoms with Gasteiger partial charge in [0.25, 0.3) is 8.32 Å². The molecule has 0 bridgehead atoms. The molecule has 0 fully saturated rings. The van der Waals surface area contributed by atoms with Gasteiger partial charge < -0.3 is 4.43 Å². The van der Waals surface area contributed by atoms with E-state index in [0.29, 0.717) is 6.61 Å². The highest BCUT2D eigenvalue weighted by molar-refractivity contribution is 7.84. The zero-order valence-electron chi connectivity index (χ0n) is 23.2. The Hall–Kier alpha value is -2.05. The minimum atomic E-state index is -2.65. The van der Waals surface area contributed by atoms with Crippen LogP contribution in [0.15, 0.2) is 84.9 Å². The molecule has 194 valence electrons. The Morgan fingerprint density at radius 1 is 0.833 bits per heavy atom. The molecule has 0 radical (unpaired) electrons.